The molecule has 2 fully saturated rings. The average Bonchev–Trinajstić information content (AvgIpc) is 2.78. The molecule has 0 N–H and O–H groups in total. The summed E-state index contributed by atoms with van der Waals surface area (Å²) < 4.78 is 31.0. The van der Waals surface area contributed by atoms with E-state index in [2.05, 4.69) is 0 Å². The van der Waals surface area contributed by atoms with E-state index in [-0.39, 0.29) is 22.3 Å². The number of sulfone groups is 1. The molecule has 1 aliphatic carbocycles. The van der Waals surface area contributed by atoms with Gasteiger partial charge in [0.05, 0.1) is 9.79 Å². The minimum absolute atomic E-state index is 0.00595. The number of nitrogens with zero attached hydrogens (tertiary/aromatic N) is 1. The van der Waals surface area contributed by atoms with Gasteiger partial charge in [-0.15, -0.1) is 0 Å². The second kappa shape index (κ2) is 8.57. The maximum atomic E-state index is 12.7. The molecule has 2 aromatic rings. The smallest absolute Gasteiger partial charge is 0.260 e. The van der Waals surface area contributed by atoms with Crippen LogP contribution >= 0.6 is 0 Å². The zero-order valence-corrected chi connectivity index (χ0v) is 17.3. The molecule has 1 saturated heterocycles. The highest BCUT2D eigenvalue weighted by Crippen LogP contribution is 2.35. The van der Waals surface area contributed by atoms with Crippen LogP contribution in [-0.2, 0) is 14.6 Å². The molecule has 0 bridgehead atoms. The lowest BCUT2D eigenvalue weighted by Crippen LogP contribution is -2.51. The van der Waals surface area contributed by atoms with Crippen molar-refractivity contribution in [3.05, 3.63) is 54.6 Å². The third-order valence-corrected chi connectivity index (χ3v) is 7.90. The van der Waals surface area contributed by atoms with Crippen LogP contribution in [0.2, 0.25) is 0 Å². The van der Waals surface area contributed by atoms with Crippen LogP contribution in [0.25, 0.3) is 0 Å². The molecule has 0 aromatic heterocycles. The molecule has 6 heteroatoms. The zero-order chi connectivity index (χ0) is 20.3. The summed E-state index contributed by atoms with van der Waals surface area (Å²) in [5, 5.41) is 0. The van der Waals surface area contributed by atoms with Crippen LogP contribution in [0.1, 0.15) is 38.5 Å². The van der Waals surface area contributed by atoms with Crippen LogP contribution in [0, 0.1) is 5.92 Å². The van der Waals surface area contributed by atoms with Gasteiger partial charge in [0.15, 0.2) is 6.61 Å². The molecule has 2 aliphatic rings. The molecular formula is C23H27NO4S. The first kappa shape index (κ1) is 20.0. The summed E-state index contributed by atoms with van der Waals surface area (Å²) in [4.78, 5) is 15.2. The second-order valence-electron chi connectivity index (χ2n) is 7.92. The van der Waals surface area contributed by atoms with Crippen LogP contribution in [0.15, 0.2) is 64.4 Å². The molecule has 0 radical (unpaired) electrons. The van der Waals surface area contributed by atoms with E-state index in [1.165, 1.54) is 37.8 Å². The van der Waals surface area contributed by atoms with E-state index in [0.29, 0.717) is 17.7 Å². The normalized spacial score (nSPS) is 22.0. The standard InChI is InChI=1S/C23H27NO4S/c25-23(24-16-6-8-18-7-4-5-11-22(18)24)17-28-19-12-14-21(15-13-19)29(26,27)20-9-2-1-3-10-20/h1-3,9-10,12-15,18,22H,4-8,11,16-17H2. The monoisotopic (exact) mass is 413 g/mol. The van der Waals surface area contributed by atoms with Crippen LogP contribution in [-0.4, -0.2) is 38.4 Å². The average molecular weight is 414 g/mol. The summed E-state index contributed by atoms with van der Waals surface area (Å²) in [5.41, 5.74) is 0. The number of hydrogen-bond donors (Lipinski definition) is 0. The van der Waals surface area contributed by atoms with Crippen molar-refractivity contribution in [3.63, 3.8) is 0 Å². The minimum atomic E-state index is -3.55. The van der Waals surface area contributed by atoms with Crippen LogP contribution in [0.3, 0.4) is 0 Å². The summed E-state index contributed by atoms with van der Waals surface area (Å²) in [7, 11) is -3.55. The summed E-state index contributed by atoms with van der Waals surface area (Å²) in [6.07, 6.45) is 7.10. The Morgan fingerprint density at radius 2 is 1.55 bits per heavy atom. The first-order valence-corrected chi connectivity index (χ1v) is 11.9. The third kappa shape index (κ3) is 4.32. The Bertz CT molecular complexity index is 939. The van der Waals surface area contributed by atoms with E-state index < -0.39 is 9.84 Å². The fourth-order valence-corrected chi connectivity index (χ4v) is 5.90. The van der Waals surface area contributed by atoms with Gasteiger partial charge in [-0.1, -0.05) is 31.0 Å². The van der Waals surface area contributed by atoms with E-state index >= 15 is 0 Å². The highest BCUT2D eigenvalue weighted by atomic mass is 32.2. The Morgan fingerprint density at radius 3 is 2.31 bits per heavy atom. The largest absolute Gasteiger partial charge is 0.484 e. The lowest BCUT2D eigenvalue weighted by molar-refractivity contribution is -0.139. The molecule has 2 unspecified atom stereocenters. The zero-order valence-electron chi connectivity index (χ0n) is 16.5. The maximum absolute atomic E-state index is 12.7. The molecule has 5 nitrogen and oxygen atoms in total. The molecule has 154 valence electrons. The van der Waals surface area contributed by atoms with Gasteiger partial charge in [0, 0.05) is 12.6 Å². The van der Waals surface area contributed by atoms with E-state index in [1.807, 2.05) is 4.90 Å². The van der Waals surface area contributed by atoms with Gasteiger partial charge in [0.25, 0.3) is 5.91 Å². The molecule has 4 rings (SSSR count). The Kier molecular flexibility index (Phi) is 5.90. The highest BCUT2D eigenvalue weighted by Gasteiger charge is 2.35. The molecule has 1 heterocycles. The van der Waals surface area contributed by atoms with E-state index in [1.54, 1.807) is 42.5 Å². The third-order valence-electron chi connectivity index (χ3n) is 6.11. The van der Waals surface area contributed by atoms with Gasteiger partial charge in [-0.3, -0.25) is 4.79 Å². The molecule has 29 heavy (non-hydrogen) atoms. The number of rotatable bonds is 5. The van der Waals surface area contributed by atoms with Crippen LogP contribution in [0.4, 0.5) is 0 Å². The van der Waals surface area contributed by atoms with Crippen molar-refractivity contribution in [3.8, 4) is 5.75 Å². The lowest BCUT2D eigenvalue weighted by atomic mass is 9.78. The quantitative estimate of drug-likeness (QED) is 0.741. The first-order valence-electron chi connectivity index (χ1n) is 10.4. The van der Waals surface area contributed by atoms with Gasteiger partial charge in [0.1, 0.15) is 5.75 Å². The fraction of sp³-hybridized carbons (Fsp3) is 0.435. The molecule has 1 amide bonds. The predicted octanol–water partition coefficient (Wildman–Crippen LogP) is 4.08. The van der Waals surface area contributed by atoms with Crippen molar-refractivity contribution in [1.29, 1.82) is 0 Å². The van der Waals surface area contributed by atoms with Crippen molar-refractivity contribution in [2.24, 2.45) is 5.92 Å². The summed E-state index contributed by atoms with van der Waals surface area (Å²) in [5.74, 6) is 1.18. The summed E-state index contributed by atoms with van der Waals surface area (Å²) in [6.45, 7) is 0.811. The van der Waals surface area contributed by atoms with Crippen LogP contribution in [0.5, 0.6) is 5.75 Å². The predicted molar refractivity (Wildman–Crippen MR) is 111 cm³/mol. The number of hydrogen-bond acceptors (Lipinski definition) is 4. The molecule has 2 aromatic carbocycles. The SMILES string of the molecule is O=C(COc1ccc(S(=O)(=O)c2ccccc2)cc1)N1CCCC2CCCCC21. The van der Waals surface area contributed by atoms with Gasteiger partial charge in [-0.2, -0.15) is 0 Å². The second-order valence-corrected chi connectivity index (χ2v) is 9.87. The number of amides is 1. The van der Waals surface area contributed by atoms with E-state index in [0.717, 1.165) is 19.4 Å². The van der Waals surface area contributed by atoms with Crippen molar-refractivity contribution in [1.82, 2.24) is 4.90 Å². The summed E-state index contributed by atoms with van der Waals surface area (Å²) >= 11 is 0. The molecule has 2 atom stereocenters. The molecule has 1 aliphatic heterocycles. The first-order chi connectivity index (χ1) is 14.1. The van der Waals surface area contributed by atoms with Crippen LogP contribution < -0.4 is 4.74 Å². The van der Waals surface area contributed by atoms with Gasteiger partial charge >= 0.3 is 0 Å². The van der Waals surface area contributed by atoms with Gasteiger partial charge < -0.3 is 9.64 Å². The topological polar surface area (TPSA) is 63.7 Å². The number of likely N-dealkylation sites (tertiary alicyclic amines) is 1. The Labute approximate surface area is 172 Å². The number of benzene rings is 2. The molecule has 0 spiro atoms. The Morgan fingerprint density at radius 1 is 0.897 bits per heavy atom. The lowest BCUT2D eigenvalue weighted by Gasteiger charge is -2.44. The van der Waals surface area contributed by atoms with E-state index in [4.69, 9.17) is 4.74 Å². The number of ether oxygens (including phenoxy) is 1. The molecular weight excluding hydrogens is 386 g/mol. The Hall–Kier alpha value is -2.34. The van der Waals surface area contributed by atoms with E-state index in [9.17, 15) is 13.2 Å². The number of piperidine rings is 1. The number of fused-ring (bicyclic) bond motifs is 1. The van der Waals surface area contributed by atoms with Gasteiger partial charge in [0.2, 0.25) is 9.84 Å². The highest BCUT2D eigenvalue weighted by molar-refractivity contribution is 7.91. The van der Waals surface area contributed by atoms with Gasteiger partial charge in [-0.25, -0.2) is 8.42 Å². The molecule has 1 saturated carbocycles. The van der Waals surface area contributed by atoms with Gasteiger partial charge in [-0.05, 0) is 68.0 Å². The Balaban J connectivity index is 1.38. The van der Waals surface area contributed by atoms with Crippen molar-refractivity contribution in [2.45, 2.75) is 54.4 Å². The van der Waals surface area contributed by atoms with Crippen molar-refractivity contribution < 1.29 is 17.9 Å². The fourth-order valence-electron chi connectivity index (χ4n) is 4.61. The van der Waals surface area contributed by atoms with Crippen molar-refractivity contribution >= 4 is 15.7 Å². The number of carbonyl (C=O) groups excluding carboxylic acids is 1. The summed E-state index contributed by atoms with van der Waals surface area (Å²) in [6, 6.07) is 15.0. The van der Waals surface area contributed by atoms with Crippen molar-refractivity contribution in [2.75, 3.05) is 13.2 Å². The maximum Gasteiger partial charge on any atom is 0.260 e. The minimum Gasteiger partial charge on any atom is -0.484 e. The number of carbonyl (C=O) groups is 1.